The highest BCUT2D eigenvalue weighted by Crippen LogP contribution is 2.21. The molecule has 0 aliphatic rings. The van der Waals surface area contributed by atoms with Gasteiger partial charge in [-0.3, -0.25) is 4.55 Å². The van der Waals surface area contributed by atoms with Crippen LogP contribution in [0, 0.1) is 0 Å². The third kappa shape index (κ3) is 5.94. The lowest BCUT2D eigenvalue weighted by molar-refractivity contribution is 0.490. The highest BCUT2D eigenvalue weighted by molar-refractivity contribution is 7.85. The summed E-state index contributed by atoms with van der Waals surface area (Å²) in [5.74, 6) is 0. The van der Waals surface area contributed by atoms with E-state index in [1.807, 2.05) is 13.8 Å². The Morgan fingerprint density at radius 2 is 0.905 bits per heavy atom. The molecule has 0 aliphatic heterocycles. The molecule has 0 heterocycles. The highest BCUT2D eigenvalue weighted by atomic mass is 32.2. The topological polar surface area (TPSA) is 54.4 Å². The van der Waals surface area contributed by atoms with Crippen LogP contribution >= 0.6 is 0 Å². The molecular formula is C17H20O3S. The summed E-state index contributed by atoms with van der Waals surface area (Å²) in [6.45, 7) is 4.00. The lowest BCUT2D eigenvalue weighted by atomic mass is 10.0. The van der Waals surface area contributed by atoms with Gasteiger partial charge in [-0.1, -0.05) is 62.4 Å². The lowest BCUT2D eigenvalue weighted by Gasteiger charge is -2.00. The van der Waals surface area contributed by atoms with Gasteiger partial charge in [0.05, 0.1) is 6.26 Å². The third-order valence-electron chi connectivity index (χ3n) is 2.61. The molecule has 3 aromatic carbocycles. The van der Waals surface area contributed by atoms with Crippen molar-refractivity contribution in [3.8, 4) is 0 Å². The number of fused-ring (bicyclic) bond motifs is 2. The maximum Gasteiger partial charge on any atom is 0.261 e. The van der Waals surface area contributed by atoms with Crippen LogP contribution in [0.5, 0.6) is 0 Å². The van der Waals surface area contributed by atoms with Crippen LogP contribution in [0.2, 0.25) is 0 Å². The summed E-state index contributed by atoms with van der Waals surface area (Å²) in [7, 11) is -3.67. The van der Waals surface area contributed by atoms with Crippen molar-refractivity contribution in [1.29, 1.82) is 0 Å². The first kappa shape index (κ1) is 17.1. The van der Waals surface area contributed by atoms with Crippen molar-refractivity contribution >= 4 is 31.7 Å². The van der Waals surface area contributed by atoms with E-state index < -0.39 is 10.1 Å². The van der Waals surface area contributed by atoms with Crippen molar-refractivity contribution in [3.05, 3.63) is 60.7 Å². The molecule has 3 nitrogen and oxygen atoms in total. The monoisotopic (exact) mass is 304 g/mol. The van der Waals surface area contributed by atoms with E-state index >= 15 is 0 Å². The third-order valence-corrected chi connectivity index (χ3v) is 2.61. The molecule has 4 heteroatoms. The first-order valence-corrected chi connectivity index (χ1v) is 8.58. The van der Waals surface area contributed by atoms with Crippen molar-refractivity contribution in [2.75, 3.05) is 6.26 Å². The Morgan fingerprint density at radius 1 is 0.714 bits per heavy atom. The van der Waals surface area contributed by atoms with Crippen molar-refractivity contribution in [3.63, 3.8) is 0 Å². The molecule has 1 N–H and O–H groups in total. The van der Waals surface area contributed by atoms with Gasteiger partial charge in [-0.05, 0) is 33.7 Å². The van der Waals surface area contributed by atoms with Gasteiger partial charge in [-0.2, -0.15) is 8.42 Å². The Balaban J connectivity index is 0.000000272. The summed E-state index contributed by atoms with van der Waals surface area (Å²) in [5.41, 5.74) is 0. The van der Waals surface area contributed by atoms with Gasteiger partial charge in [-0.25, -0.2) is 0 Å². The van der Waals surface area contributed by atoms with Crippen LogP contribution < -0.4 is 0 Å². The second-order valence-corrected chi connectivity index (χ2v) is 5.75. The number of benzene rings is 3. The maximum absolute atomic E-state index is 9.19. The van der Waals surface area contributed by atoms with Crippen molar-refractivity contribution < 1.29 is 13.0 Å². The minimum Gasteiger partial charge on any atom is -0.286 e. The van der Waals surface area contributed by atoms with Gasteiger partial charge < -0.3 is 0 Å². The molecule has 0 aromatic heterocycles. The molecule has 0 radical (unpaired) electrons. The van der Waals surface area contributed by atoms with Gasteiger partial charge in [0.15, 0.2) is 0 Å². The second-order valence-electron chi connectivity index (χ2n) is 4.28. The van der Waals surface area contributed by atoms with Crippen LogP contribution in [-0.2, 0) is 10.1 Å². The Kier molecular flexibility index (Phi) is 6.34. The number of hydrogen-bond donors (Lipinski definition) is 1. The van der Waals surface area contributed by atoms with E-state index in [2.05, 4.69) is 60.7 Å². The van der Waals surface area contributed by atoms with Crippen molar-refractivity contribution in [1.82, 2.24) is 0 Å². The molecule has 0 atom stereocenters. The maximum atomic E-state index is 9.19. The molecule has 112 valence electrons. The van der Waals surface area contributed by atoms with E-state index in [1.54, 1.807) is 0 Å². The van der Waals surface area contributed by atoms with Gasteiger partial charge in [0.25, 0.3) is 10.1 Å². The van der Waals surface area contributed by atoms with E-state index in [9.17, 15) is 8.42 Å². The minimum absolute atomic E-state index is 0.715. The van der Waals surface area contributed by atoms with Crippen LogP contribution in [-0.4, -0.2) is 19.2 Å². The van der Waals surface area contributed by atoms with E-state index in [-0.39, 0.29) is 0 Å². The fraction of sp³-hybridized carbons (Fsp3) is 0.176. The van der Waals surface area contributed by atoms with Crippen LogP contribution in [0.4, 0.5) is 0 Å². The number of hydrogen-bond acceptors (Lipinski definition) is 2. The molecule has 0 spiro atoms. The SMILES string of the molecule is CC.CS(=O)(=O)O.c1ccc2cc3ccccc3cc2c1. The zero-order chi connectivity index (χ0) is 15.9. The Hall–Kier alpha value is -1.91. The molecule has 0 aliphatic carbocycles. The van der Waals surface area contributed by atoms with Crippen LogP contribution in [0.25, 0.3) is 21.5 Å². The molecule has 0 amide bonds. The Morgan fingerprint density at radius 3 is 1.10 bits per heavy atom. The second kappa shape index (κ2) is 7.76. The Bertz CT molecular complexity index is 695. The standard InChI is InChI=1S/C14H10.C2H6.CH4O3S/c1-2-6-12-10-14-8-4-3-7-13(14)9-11(12)5-1;1-2;1-5(2,3)4/h1-10H;1-2H3;1H3,(H,2,3,4). The Labute approximate surface area is 126 Å². The minimum atomic E-state index is -3.67. The zero-order valence-corrected chi connectivity index (χ0v) is 13.3. The quantitative estimate of drug-likeness (QED) is 0.490. The van der Waals surface area contributed by atoms with E-state index in [4.69, 9.17) is 4.55 Å². The molecule has 0 unspecified atom stereocenters. The predicted molar refractivity (Wildman–Crippen MR) is 90.3 cm³/mol. The van der Waals surface area contributed by atoms with E-state index in [0.717, 1.165) is 0 Å². The van der Waals surface area contributed by atoms with E-state index in [1.165, 1.54) is 21.5 Å². The fourth-order valence-electron chi connectivity index (χ4n) is 1.88. The molecule has 21 heavy (non-hydrogen) atoms. The van der Waals surface area contributed by atoms with Gasteiger partial charge >= 0.3 is 0 Å². The van der Waals surface area contributed by atoms with Gasteiger partial charge in [-0.15, -0.1) is 0 Å². The molecule has 3 aromatic rings. The van der Waals surface area contributed by atoms with Crippen molar-refractivity contribution in [2.45, 2.75) is 13.8 Å². The van der Waals surface area contributed by atoms with Gasteiger partial charge in [0.1, 0.15) is 0 Å². The average Bonchev–Trinajstić information content (AvgIpc) is 2.45. The van der Waals surface area contributed by atoms with Gasteiger partial charge in [0.2, 0.25) is 0 Å². The first-order valence-electron chi connectivity index (χ1n) is 6.73. The van der Waals surface area contributed by atoms with Crippen molar-refractivity contribution in [2.24, 2.45) is 0 Å². The summed E-state index contributed by atoms with van der Waals surface area (Å²) in [4.78, 5) is 0. The van der Waals surface area contributed by atoms with Gasteiger partial charge in [0, 0.05) is 0 Å². The summed E-state index contributed by atoms with van der Waals surface area (Å²) < 4.78 is 25.9. The zero-order valence-electron chi connectivity index (χ0n) is 12.4. The summed E-state index contributed by atoms with van der Waals surface area (Å²) in [6.07, 6.45) is 0.715. The smallest absolute Gasteiger partial charge is 0.261 e. The van der Waals surface area contributed by atoms with Crippen LogP contribution in [0.3, 0.4) is 0 Å². The predicted octanol–water partition coefficient (Wildman–Crippen LogP) is 4.52. The van der Waals surface area contributed by atoms with E-state index in [0.29, 0.717) is 6.26 Å². The molecule has 0 saturated heterocycles. The lowest BCUT2D eigenvalue weighted by Crippen LogP contribution is -1.88. The summed E-state index contributed by atoms with van der Waals surface area (Å²) >= 11 is 0. The highest BCUT2D eigenvalue weighted by Gasteiger charge is 1.95. The summed E-state index contributed by atoms with van der Waals surface area (Å²) in [6, 6.07) is 21.4. The molecule has 0 fully saturated rings. The molecular weight excluding hydrogens is 284 g/mol. The average molecular weight is 304 g/mol. The molecule has 0 saturated carbocycles. The van der Waals surface area contributed by atoms with Crippen LogP contribution in [0.1, 0.15) is 13.8 Å². The largest absolute Gasteiger partial charge is 0.286 e. The summed E-state index contributed by atoms with van der Waals surface area (Å²) in [5, 5.41) is 5.25. The fourth-order valence-corrected chi connectivity index (χ4v) is 1.88. The van der Waals surface area contributed by atoms with Crippen LogP contribution in [0.15, 0.2) is 60.7 Å². The normalized spacial score (nSPS) is 10.3. The number of rotatable bonds is 0. The molecule has 3 rings (SSSR count). The first-order chi connectivity index (χ1) is 9.93. The molecule has 0 bridgehead atoms.